The molecule has 31 heavy (non-hydrogen) atoms. The summed E-state index contributed by atoms with van der Waals surface area (Å²) >= 11 is 1.73. The smallest absolute Gasteiger partial charge is 0.224 e. The van der Waals surface area contributed by atoms with E-state index >= 15 is 0 Å². The lowest BCUT2D eigenvalue weighted by Crippen LogP contribution is -2.47. The second kappa shape index (κ2) is 9.28. The van der Waals surface area contributed by atoms with E-state index in [0.29, 0.717) is 0 Å². The lowest BCUT2D eigenvalue weighted by Gasteiger charge is -2.34. The van der Waals surface area contributed by atoms with Gasteiger partial charge >= 0.3 is 0 Å². The molecule has 5 nitrogen and oxygen atoms in total. The number of amides is 1. The fourth-order valence-corrected chi connectivity index (χ4v) is 5.84. The molecule has 2 unspecified atom stereocenters. The molecule has 0 saturated carbocycles. The normalized spacial score (nSPS) is 22.6. The fraction of sp³-hybridized carbons (Fsp3) is 0.400. The fourth-order valence-electron chi connectivity index (χ4n) is 4.69. The number of pyridine rings is 1. The number of aromatic nitrogens is 2. The molecule has 1 aliphatic carbocycles. The van der Waals surface area contributed by atoms with Gasteiger partial charge in [-0.05, 0) is 49.9 Å². The molecule has 1 saturated heterocycles. The summed E-state index contributed by atoms with van der Waals surface area (Å²) in [4.78, 5) is 25.0. The van der Waals surface area contributed by atoms with E-state index in [1.54, 1.807) is 11.3 Å². The summed E-state index contributed by atoms with van der Waals surface area (Å²) in [5, 5.41) is 4.46. The molecule has 1 aromatic carbocycles. The monoisotopic (exact) mass is 432 g/mol. The first-order valence-electron chi connectivity index (χ1n) is 11.2. The van der Waals surface area contributed by atoms with E-state index in [1.807, 2.05) is 24.4 Å². The third-order valence-corrected chi connectivity index (χ3v) is 7.61. The van der Waals surface area contributed by atoms with Crippen LogP contribution in [0.25, 0.3) is 10.2 Å². The second-order valence-electron chi connectivity index (χ2n) is 8.56. The summed E-state index contributed by atoms with van der Waals surface area (Å²) in [5.74, 6) is 0.334. The third-order valence-electron chi connectivity index (χ3n) is 6.44. The summed E-state index contributed by atoms with van der Waals surface area (Å²) in [6, 6.07) is 14.6. The number of rotatable bonds is 5. The first-order valence-corrected chi connectivity index (χ1v) is 12.0. The van der Waals surface area contributed by atoms with Crippen LogP contribution in [0.4, 0.5) is 0 Å². The highest BCUT2D eigenvalue weighted by atomic mass is 32.1. The van der Waals surface area contributed by atoms with E-state index in [2.05, 4.69) is 51.6 Å². The van der Waals surface area contributed by atoms with Crippen molar-refractivity contribution in [3.63, 3.8) is 0 Å². The van der Waals surface area contributed by atoms with Gasteiger partial charge in [0.2, 0.25) is 5.91 Å². The Morgan fingerprint density at radius 1 is 1.06 bits per heavy atom. The van der Waals surface area contributed by atoms with E-state index in [1.165, 1.54) is 4.70 Å². The van der Waals surface area contributed by atoms with Gasteiger partial charge in [-0.3, -0.25) is 14.7 Å². The van der Waals surface area contributed by atoms with E-state index in [9.17, 15) is 4.79 Å². The van der Waals surface area contributed by atoms with Crippen LogP contribution in [0.2, 0.25) is 0 Å². The zero-order valence-corrected chi connectivity index (χ0v) is 18.4. The third kappa shape index (κ3) is 4.70. The number of thiazole rings is 1. The van der Waals surface area contributed by atoms with Crippen molar-refractivity contribution in [1.29, 1.82) is 0 Å². The molecular formula is C25H28N4OS. The largest absolute Gasteiger partial charge is 0.353 e. The van der Waals surface area contributed by atoms with Crippen molar-refractivity contribution in [2.45, 2.75) is 44.2 Å². The molecule has 5 rings (SSSR count). The van der Waals surface area contributed by atoms with Crippen molar-refractivity contribution in [2.24, 2.45) is 5.92 Å². The maximum Gasteiger partial charge on any atom is 0.224 e. The van der Waals surface area contributed by atoms with Crippen LogP contribution in [0.15, 0.2) is 60.8 Å². The number of carbonyl (C=O) groups excluding carboxylic acids is 1. The van der Waals surface area contributed by atoms with Gasteiger partial charge in [0, 0.05) is 37.8 Å². The molecule has 0 radical (unpaired) electrons. The SMILES string of the molecule is O=C(NC1CCN(Cc2ccccn2)CC1)C1CC=CCC1c1nc2ccccc2s1. The molecule has 3 heterocycles. The number of nitrogens with zero attached hydrogens (tertiary/aromatic N) is 3. The van der Waals surface area contributed by atoms with Crippen LogP contribution in [0.1, 0.15) is 42.3 Å². The van der Waals surface area contributed by atoms with Crippen LogP contribution in [0.5, 0.6) is 0 Å². The van der Waals surface area contributed by atoms with Crippen molar-refractivity contribution in [2.75, 3.05) is 13.1 Å². The lowest BCUT2D eigenvalue weighted by molar-refractivity contribution is -0.126. The molecule has 2 aliphatic rings. The van der Waals surface area contributed by atoms with E-state index in [4.69, 9.17) is 4.98 Å². The van der Waals surface area contributed by atoms with E-state index in [-0.39, 0.29) is 23.8 Å². The molecule has 2 aromatic heterocycles. The van der Waals surface area contributed by atoms with Crippen molar-refractivity contribution >= 4 is 27.5 Å². The maximum atomic E-state index is 13.2. The van der Waals surface area contributed by atoms with Gasteiger partial charge in [0.15, 0.2) is 0 Å². The number of fused-ring (bicyclic) bond motifs is 1. The van der Waals surface area contributed by atoms with Crippen LogP contribution in [0.3, 0.4) is 0 Å². The summed E-state index contributed by atoms with van der Waals surface area (Å²) in [6.45, 7) is 2.87. The minimum atomic E-state index is -0.0305. The Balaban J connectivity index is 1.20. The molecule has 1 N–H and O–H groups in total. The van der Waals surface area contributed by atoms with Crippen LogP contribution in [0, 0.1) is 5.92 Å². The van der Waals surface area contributed by atoms with Crippen LogP contribution >= 0.6 is 11.3 Å². The Kier molecular flexibility index (Phi) is 6.09. The van der Waals surface area contributed by atoms with Gasteiger partial charge in [-0.2, -0.15) is 0 Å². The Bertz CT molecular complexity index is 1020. The Labute approximate surface area is 187 Å². The topological polar surface area (TPSA) is 58.1 Å². The van der Waals surface area contributed by atoms with Crippen LogP contribution in [-0.4, -0.2) is 39.9 Å². The second-order valence-corrected chi connectivity index (χ2v) is 9.62. The Morgan fingerprint density at radius 2 is 1.87 bits per heavy atom. The zero-order valence-electron chi connectivity index (χ0n) is 17.6. The maximum absolute atomic E-state index is 13.2. The number of hydrogen-bond acceptors (Lipinski definition) is 5. The molecule has 6 heteroatoms. The number of benzene rings is 1. The quantitative estimate of drug-likeness (QED) is 0.602. The number of nitrogens with one attached hydrogen (secondary N) is 1. The van der Waals surface area contributed by atoms with Gasteiger partial charge in [0.25, 0.3) is 0 Å². The summed E-state index contributed by atoms with van der Waals surface area (Å²) in [5.41, 5.74) is 2.15. The molecule has 1 fully saturated rings. The lowest BCUT2D eigenvalue weighted by atomic mass is 9.82. The Morgan fingerprint density at radius 3 is 2.68 bits per heavy atom. The highest BCUT2D eigenvalue weighted by Crippen LogP contribution is 2.38. The van der Waals surface area contributed by atoms with Gasteiger partial charge < -0.3 is 5.32 Å². The molecular weight excluding hydrogens is 404 g/mol. The summed E-state index contributed by atoms with van der Waals surface area (Å²) in [6.07, 6.45) is 9.88. The number of hydrogen-bond donors (Lipinski definition) is 1. The van der Waals surface area contributed by atoms with Crippen LogP contribution < -0.4 is 5.32 Å². The molecule has 160 valence electrons. The Hall–Kier alpha value is -2.57. The van der Waals surface area contributed by atoms with Crippen molar-refractivity contribution in [3.8, 4) is 0 Å². The first-order chi connectivity index (χ1) is 15.3. The summed E-state index contributed by atoms with van der Waals surface area (Å²) < 4.78 is 1.20. The van der Waals surface area contributed by atoms with Gasteiger partial charge in [-0.1, -0.05) is 30.4 Å². The molecule has 2 atom stereocenters. The number of para-hydroxylation sites is 1. The minimum absolute atomic E-state index is 0.0305. The predicted molar refractivity (Wildman–Crippen MR) is 125 cm³/mol. The van der Waals surface area contributed by atoms with Gasteiger partial charge in [0.1, 0.15) is 0 Å². The van der Waals surface area contributed by atoms with Crippen molar-refractivity contribution in [3.05, 3.63) is 71.5 Å². The molecule has 0 spiro atoms. The molecule has 0 bridgehead atoms. The van der Waals surface area contributed by atoms with E-state index in [0.717, 1.165) is 61.5 Å². The standard InChI is InChI=1S/C25H28N4OS/c30-24(27-18-12-15-29(16-13-18)17-19-7-5-6-14-26-19)20-8-1-2-9-21(20)25-28-22-10-3-4-11-23(22)31-25/h1-7,10-11,14,18,20-21H,8-9,12-13,15-17H2,(H,27,30). The van der Waals surface area contributed by atoms with Gasteiger partial charge in [-0.25, -0.2) is 4.98 Å². The number of likely N-dealkylation sites (tertiary alicyclic amines) is 1. The van der Waals surface area contributed by atoms with Crippen molar-refractivity contribution in [1.82, 2.24) is 20.2 Å². The van der Waals surface area contributed by atoms with Crippen LogP contribution in [-0.2, 0) is 11.3 Å². The number of piperidine rings is 1. The van der Waals surface area contributed by atoms with Gasteiger partial charge in [0.05, 0.1) is 26.8 Å². The number of allylic oxidation sites excluding steroid dienone is 2. The highest BCUT2D eigenvalue weighted by molar-refractivity contribution is 7.18. The molecule has 1 amide bonds. The van der Waals surface area contributed by atoms with Crippen molar-refractivity contribution < 1.29 is 4.79 Å². The van der Waals surface area contributed by atoms with E-state index < -0.39 is 0 Å². The average Bonchev–Trinajstić information content (AvgIpc) is 3.25. The first kappa shape index (κ1) is 20.3. The zero-order chi connectivity index (χ0) is 21.0. The minimum Gasteiger partial charge on any atom is -0.353 e. The average molecular weight is 433 g/mol. The molecule has 1 aliphatic heterocycles. The molecule has 3 aromatic rings. The predicted octanol–water partition coefficient (Wildman–Crippen LogP) is 4.52. The summed E-state index contributed by atoms with van der Waals surface area (Å²) in [7, 11) is 0. The number of carbonyl (C=O) groups is 1. The van der Waals surface area contributed by atoms with Gasteiger partial charge in [-0.15, -0.1) is 11.3 Å². The highest BCUT2D eigenvalue weighted by Gasteiger charge is 2.33.